The van der Waals surface area contributed by atoms with Gasteiger partial charge in [-0.15, -0.1) is 0 Å². The lowest BCUT2D eigenvalue weighted by Crippen LogP contribution is -2.60. The van der Waals surface area contributed by atoms with Crippen molar-refractivity contribution in [1.29, 1.82) is 0 Å². The summed E-state index contributed by atoms with van der Waals surface area (Å²) in [7, 11) is 0. The fourth-order valence-corrected chi connectivity index (χ4v) is 4.44. The molecular weight excluding hydrogens is 348 g/mol. The first kappa shape index (κ1) is 17.0. The van der Waals surface area contributed by atoms with E-state index >= 15 is 0 Å². The number of thioether (sulfide) groups is 1. The Hall–Kier alpha value is -2.41. The number of benzene rings is 1. The number of aromatic nitrogens is 2. The number of carbonyl (C=O) groups is 2. The Balaban J connectivity index is 1.43. The minimum atomic E-state index is -0.160. The predicted molar refractivity (Wildman–Crippen MR) is 98.5 cm³/mol. The number of nitrogens with zero attached hydrogens (tertiary/aromatic N) is 4. The van der Waals surface area contributed by atoms with Crippen LogP contribution in [0.4, 0.5) is 4.79 Å². The van der Waals surface area contributed by atoms with Gasteiger partial charge in [-0.05, 0) is 24.5 Å². The highest BCUT2D eigenvalue weighted by atomic mass is 32.2. The quantitative estimate of drug-likeness (QED) is 0.471. The molecule has 0 unspecified atom stereocenters. The minimum Gasteiger partial charge on any atom is -0.317 e. The van der Waals surface area contributed by atoms with Gasteiger partial charge in [-0.25, -0.2) is 14.8 Å². The predicted octanol–water partition coefficient (Wildman–Crippen LogP) is 3.13. The molecule has 26 heavy (non-hydrogen) atoms. The number of likely N-dealkylation sites (tertiary alicyclic amines) is 2. The number of β-lactam (4-membered cyclic amide) rings is 1. The Morgan fingerprint density at radius 3 is 2.65 bits per heavy atom. The van der Waals surface area contributed by atoms with Crippen molar-refractivity contribution in [3.63, 3.8) is 0 Å². The largest absolute Gasteiger partial charge is 0.327 e. The van der Waals surface area contributed by atoms with Crippen LogP contribution in [0, 0.1) is 0 Å². The summed E-state index contributed by atoms with van der Waals surface area (Å²) >= 11 is 1.48. The van der Waals surface area contributed by atoms with E-state index in [9.17, 15) is 9.59 Å². The lowest BCUT2D eigenvalue weighted by atomic mass is 10.0. The van der Waals surface area contributed by atoms with Gasteiger partial charge in [0.1, 0.15) is 0 Å². The summed E-state index contributed by atoms with van der Waals surface area (Å²) < 4.78 is 0. The molecule has 0 spiro atoms. The van der Waals surface area contributed by atoms with Crippen LogP contribution in [0.5, 0.6) is 0 Å². The van der Waals surface area contributed by atoms with Crippen LogP contribution >= 0.6 is 11.8 Å². The summed E-state index contributed by atoms with van der Waals surface area (Å²) in [6.45, 7) is 0.698. The van der Waals surface area contributed by atoms with Gasteiger partial charge in [0, 0.05) is 31.1 Å². The van der Waals surface area contributed by atoms with E-state index in [-0.39, 0.29) is 24.0 Å². The lowest BCUT2D eigenvalue weighted by molar-refractivity contribution is -0.140. The van der Waals surface area contributed by atoms with E-state index in [4.69, 9.17) is 0 Å². The minimum absolute atomic E-state index is 0.0582. The smallest absolute Gasteiger partial charge is 0.317 e. The van der Waals surface area contributed by atoms with Crippen LogP contribution in [0.2, 0.25) is 0 Å². The Bertz CT molecular complexity index is 787. The monoisotopic (exact) mass is 368 g/mol. The van der Waals surface area contributed by atoms with Crippen LogP contribution in [0.1, 0.15) is 30.9 Å². The third-order valence-electron chi connectivity index (χ3n) is 4.88. The van der Waals surface area contributed by atoms with Crippen LogP contribution in [0.15, 0.2) is 53.9 Å². The number of carbonyl (C=O) groups excluding carboxylic acids is 2. The molecule has 1 aromatic carbocycles. The molecule has 0 radical (unpaired) electrons. The molecule has 3 heterocycles. The van der Waals surface area contributed by atoms with Gasteiger partial charge in [0.25, 0.3) is 0 Å². The van der Waals surface area contributed by atoms with E-state index in [0.29, 0.717) is 23.9 Å². The van der Waals surface area contributed by atoms with Crippen molar-refractivity contribution in [3.8, 4) is 0 Å². The molecule has 7 heteroatoms. The average molecular weight is 368 g/mol. The van der Waals surface area contributed by atoms with E-state index in [1.807, 2.05) is 35.2 Å². The fraction of sp³-hybridized carbons (Fsp3) is 0.368. The Morgan fingerprint density at radius 2 is 1.92 bits per heavy atom. The van der Waals surface area contributed by atoms with E-state index in [1.165, 1.54) is 16.7 Å². The first-order valence-electron chi connectivity index (χ1n) is 8.81. The highest BCUT2D eigenvalue weighted by Gasteiger charge is 2.45. The van der Waals surface area contributed by atoms with Gasteiger partial charge in [-0.2, -0.15) is 0 Å². The first-order chi connectivity index (χ1) is 12.7. The lowest BCUT2D eigenvalue weighted by Gasteiger charge is -2.41. The second kappa shape index (κ2) is 7.45. The molecule has 1 aromatic heterocycles. The zero-order valence-electron chi connectivity index (χ0n) is 14.3. The molecular formula is C19H20N4O2S. The Kier molecular flexibility index (Phi) is 4.88. The van der Waals surface area contributed by atoms with Gasteiger partial charge < -0.3 is 4.90 Å². The number of hydrogen-bond acceptors (Lipinski definition) is 5. The van der Waals surface area contributed by atoms with Crippen molar-refractivity contribution in [1.82, 2.24) is 19.8 Å². The molecule has 3 amide bonds. The average Bonchev–Trinajstić information content (AvgIpc) is 3.16. The van der Waals surface area contributed by atoms with Crippen molar-refractivity contribution in [2.75, 3.05) is 12.3 Å². The summed E-state index contributed by atoms with van der Waals surface area (Å²) in [5.74, 6) is 0.541. The maximum absolute atomic E-state index is 13.0. The molecule has 0 bridgehead atoms. The summed E-state index contributed by atoms with van der Waals surface area (Å²) in [4.78, 5) is 36.8. The van der Waals surface area contributed by atoms with Gasteiger partial charge in [-0.1, -0.05) is 42.1 Å². The number of imide groups is 1. The number of amides is 3. The van der Waals surface area contributed by atoms with Crippen LogP contribution in [-0.4, -0.2) is 50.0 Å². The molecule has 2 aliphatic rings. The van der Waals surface area contributed by atoms with E-state index in [1.54, 1.807) is 18.5 Å². The topological polar surface area (TPSA) is 66.4 Å². The third kappa shape index (κ3) is 3.31. The molecule has 0 N–H and O–H groups in total. The van der Waals surface area contributed by atoms with Gasteiger partial charge in [0.2, 0.25) is 5.91 Å². The first-order valence-corrected chi connectivity index (χ1v) is 9.80. The summed E-state index contributed by atoms with van der Waals surface area (Å²) in [5.41, 5.74) is 1.13. The Labute approximate surface area is 156 Å². The van der Waals surface area contributed by atoms with Gasteiger partial charge in [-0.3, -0.25) is 9.69 Å². The molecule has 2 atom stereocenters. The number of hydrogen-bond donors (Lipinski definition) is 0. The van der Waals surface area contributed by atoms with Gasteiger partial charge >= 0.3 is 6.03 Å². The molecule has 0 aliphatic carbocycles. The van der Waals surface area contributed by atoms with E-state index in [0.717, 1.165) is 18.4 Å². The molecule has 2 fully saturated rings. The second-order valence-corrected chi connectivity index (χ2v) is 7.50. The van der Waals surface area contributed by atoms with Crippen LogP contribution in [0.25, 0.3) is 0 Å². The molecule has 6 nitrogen and oxygen atoms in total. The van der Waals surface area contributed by atoms with Gasteiger partial charge in [0.15, 0.2) is 5.16 Å². The van der Waals surface area contributed by atoms with Crippen LogP contribution in [-0.2, 0) is 4.79 Å². The van der Waals surface area contributed by atoms with Crippen molar-refractivity contribution < 1.29 is 9.59 Å². The zero-order valence-corrected chi connectivity index (χ0v) is 15.1. The van der Waals surface area contributed by atoms with Gasteiger partial charge in [0.05, 0.1) is 12.1 Å². The second-order valence-electron chi connectivity index (χ2n) is 6.51. The molecule has 4 rings (SSSR count). The SMILES string of the molecule is O=C1C[C@H](CSc2ncccn2)N1C(=O)N1CCC[C@@H]1c1ccccc1. The molecule has 2 aromatic rings. The highest BCUT2D eigenvalue weighted by molar-refractivity contribution is 7.99. The van der Waals surface area contributed by atoms with Crippen LogP contribution < -0.4 is 0 Å². The van der Waals surface area contributed by atoms with E-state index < -0.39 is 0 Å². The Morgan fingerprint density at radius 1 is 1.15 bits per heavy atom. The molecule has 134 valence electrons. The van der Waals surface area contributed by atoms with Crippen molar-refractivity contribution >= 4 is 23.7 Å². The highest BCUT2D eigenvalue weighted by Crippen LogP contribution is 2.35. The molecule has 2 saturated heterocycles. The number of rotatable bonds is 4. The normalized spacial score (nSPS) is 22.4. The standard InChI is InChI=1S/C19H20N4O2S/c24-17-12-15(13-26-18-20-9-5-10-21-18)23(17)19(25)22-11-4-8-16(22)14-6-2-1-3-7-14/h1-3,5-7,9-10,15-16H,4,8,11-13H2/t15-,16-/m1/s1. The maximum atomic E-state index is 13.0. The molecule has 0 saturated carbocycles. The van der Waals surface area contributed by atoms with Crippen molar-refractivity contribution in [2.45, 2.75) is 36.5 Å². The van der Waals surface area contributed by atoms with Crippen molar-refractivity contribution in [2.24, 2.45) is 0 Å². The summed E-state index contributed by atoms with van der Waals surface area (Å²) in [6, 6.07) is 11.6. The zero-order chi connectivity index (χ0) is 17.9. The summed E-state index contributed by atoms with van der Waals surface area (Å²) in [6.07, 6.45) is 5.70. The fourth-order valence-electron chi connectivity index (χ4n) is 3.57. The number of urea groups is 1. The maximum Gasteiger partial charge on any atom is 0.327 e. The van der Waals surface area contributed by atoms with Crippen LogP contribution in [0.3, 0.4) is 0 Å². The van der Waals surface area contributed by atoms with E-state index in [2.05, 4.69) is 9.97 Å². The van der Waals surface area contributed by atoms with Crippen molar-refractivity contribution in [3.05, 3.63) is 54.4 Å². The molecule has 2 aliphatic heterocycles. The third-order valence-corrected chi connectivity index (χ3v) is 5.90. The summed E-state index contributed by atoms with van der Waals surface area (Å²) in [5, 5.41) is 0.669.